The van der Waals surface area contributed by atoms with E-state index < -0.39 is 0 Å². The minimum absolute atomic E-state index is 0.154. The second-order valence-corrected chi connectivity index (χ2v) is 5.13. The van der Waals surface area contributed by atoms with Crippen LogP contribution in [0.25, 0.3) is 15.7 Å². The summed E-state index contributed by atoms with van der Waals surface area (Å²) in [7, 11) is 2.11. The zero-order valence-electron chi connectivity index (χ0n) is 9.03. The summed E-state index contributed by atoms with van der Waals surface area (Å²) in [6.45, 7) is 2.00. The molecule has 0 aliphatic carbocycles. The van der Waals surface area contributed by atoms with Crippen LogP contribution in [0.2, 0.25) is 0 Å². The Balaban J connectivity index is 2.11. The summed E-state index contributed by atoms with van der Waals surface area (Å²) < 4.78 is 14.1. The largest absolute Gasteiger partial charge is 0.298 e. The average molecular weight is 233 g/mol. The number of benzene rings is 1. The average Bonchev–Trinajstić information content (AvgIpc) is 2.83. The van der Waals surface area contributed by atoms with E-state index in [9.17, 15) is 4.39 Å². The molecule has 2 aromatic rings. The third-order valence-electron chi connectivity index (χ3n) is 2.97. The molecule has 16 heavy (non-hydrogen) atoms. The molecule has 0 atom stereocenters. The Labute approximate surface area is 97.8 Å². The molecule has 2 heterocycles. The number of likely N-dealkylation sites (N-methyl/N-ethyl adjacent to an activating group) is 1. The van der Waals surface area contributed by atoms with Crippen LogP contribution in [0.5, 0.6) is 0 Å². The van der Waals surface area contributed by atoms with Gasteiger partial charge in [0.25, 0.3) is 0 Å². The summed E-state index contributed by atoms with van der Waals surface area (Å²) in [6.07, 6.45) is 2.25. The first-order chi connectivity index (χ1) is 7.74. The van der Waals surface area contributed by atoms with Crippen LogP contribution in [0.4, 0.5) is 4.39 Å². The van der Waals surface area contributed by atoms with E-state index in [0.29, 0.717) is 0 Å². The summed E-state index contributed by atoms with van der Waals surface area (Å²) >= 11 is 1.62. The molecule has 1 aliphatic heterocycles. The molecule has 0 fully saturated rings. The Morgan fingerprint density at radius 2 is 2.25 bits per heavy atom. The molecule has 1 aliphatic rings. The maximum absolute atomic E-state index is 13.1. The Kier molecular flexibility index (Phi) is 2.30. The third-order valence-corrected chi connectivity index (χ3v) is 3.92. The van der Waals surface area contributed by atoms with Gasteiger partial charge in [-0.1, -0.05) is 12.1 Å². The summed E-state index contributed by atoms with van der Waals surface area (Å²) in [5.74, 6) is -0.154. The number of thiophene rings is 1. The van der Waals surface area contributed by atoms with Crippen LogP contribution in [0, 0.1) is 5.82 Å². The molecule has 1 aromatic carbocycles. The summed E-state index contributed by atoms with van der Waals surface area (Å²) in [5.41, 5.74) is 2.63. The van der Waals surface area contributed by atoms with E-state index in [1.54, 1.807) is 17.4 Å². The van der Waals surface area contributed by atoms with Crippen molar-refractivity contribution >= 4 is 27.0 Å². The highest BCUT2D eigenvalue weighted by Crippen LogP contribution is 2.33. The van der Waals surface area contributed by atoms with Gasteiger partial charge in [-0.15, -0.1) is 11.3 Å². The predicted octanol–water partition coefficient (Wildman–Crippen LogP) is 3.37. The monoisotopic (exact) mass is 233 g/mol. The van der Waals surface area contributed by atoms with E-state index in [0.717, 1.165) is 17.8 Å². The SMILES string of the molecule is CN1CC=C(c2csc3cc(F)ccc23)C1. The molecule has 3 heteroatoms. The summed E-state index contributed by atoms with van der Waals surface area (Å²) in [6, 6.07) is 5.04. The highest BCUT2D eigenvalue weighted by Gasteiger charge is 2.15. The first-order valence-electron chi connectivity index (χ1n) is 5.29. The van der Waals surface area contributed by atoms with Crippen LogP contribution < -0.4 is 0 Å². The van der Waals surface area contributed by atoms with Crippen LogP contribution in [-0.4, -0.2) is 25.0 Å². The van der Waals surface area contributed by atoms with E-state index in [4.69, 9.17) is 0 Å². The van der Waals surface area contributed by atoms with Gasteiger partial charge in [0.1, 0.15) is 5.82 Å². The Bertz CT molecular complexity index is 570. The van der Waals surface area contributed by atoms with Gasteiger partial charge in [0.2, 0.25) is 0 Å². The fourth-order valence-electron chi connectivity index (χ4n) is 2.13. The lowest BCUT2D eigenvalue weighted by molar-refractivity contribution is 0.439. The van der Waals surface area contributed by atoms with E-state index in [1.165, 1.54) is 22.6 Å². The summed E-state index contributed by atoms with van der Waals surface area (Å²) in [5, 5.41) is 3.31. The molecular formula is C13H12FNS. The highest BCUT2D eigenvalue weighted by molar-refractivity contribution is 7.17. The molecule has 3 rings (SSSR count). The van der Waals surface area contributed by atoms with Gasteiger partial charge in [0.15, 0.2) is 0 Å². The van der Waals surface area contributed by atoms with Gasteiger partial charge >= 0.3 is 0 Å². The lowest BCUT2D eigenvalue weighted by atomic mass is 10.1. The lowest BCUT2D eigenvalue weighted by Gasteiger charge is -2.06. The molecule has 0 N–H and O–H groups in total. The molecule has 1 aromatic heterocycles. The maximum atomic E-state index is 13.1. The van der Waals surface area contributed by atoms with Crippen molar-refractivity contribution in [2.45, 2.75) is 0 Å². The van der Waals surface area contributed by atoms with Crippen molar-refractivity contribution in [3.05, 3.63) is 41.0 Å². The third kappa shape index (κ3) is 1.56. The molecule has 1 nitrogen and oxygen atoms in total. The van der Waals surface area contributed by atoms with Crippen molar-refractivity contribution in [3.8, 4) is 0 Å². The van der Waals surface area contributed by atoms with Crippen molar-refractivity contribution in [2.24, 2.45) is 0 Å². The van der Waals surface area contributed by atoms with E-state index in [-0.39, 0.29) is 5.82 Å². The second-order valence-electron chi connectivity index (χ2n) is 4.22. The number of hydrogen-bond donors (Lipinski definition) is 0. The molecule has 0 radical (unpaired) electrons. The minimum Gasteiger partial charge on any atom is -0.298 e. The second kappa shape index (κ2) is 3.68. The number of halogens is 1. The van der Waals surface area contributed by atoms with Gasteiger partial charge in [-0.2, -0.15) is 0 Å². The van der Waals surface area contributed by atoms with E-state index >= 15 is 0 Å². The van der Waals surface area contributed by atoms with Gasteiger partial charge in [-0.3, -0.25) is 4.90 Å². The van der Waals surface area contributed by atoms with Crippen LogP contribution in [0.1, 0.15) is 5.56 Å². The molecule has 0 spiro atoms. The van der Waals surface area contributed by atoms with E-state index in [2.05, 4.69) is 23.4 Å². The minimum atomic E-state index is -0.154. The number of hydrogen-bond acceptors (Lipinski definition) is 2. The smallest absolute Gasteiger partial charge is 0.124 e. The topological polar surface area (TPSA) is 3.24 Å². The van der Waals surface area contributed by atoms with Crippen molar-refractivity contribution in [1.29, 1.82) is 0 Å². The Morgan fingerprint density at radius 3 is 3.00 bits per heavy atom. The van der Waals surface area contributed by atoms with Crippen LogP contribution in [-0.2, 0) is 0 Å². The van der Waals surface area contributed by atoms with Crippen LogP contribution >= 0.6 is 11.3 Å². The number of fused-ring (bicyclic) bond motifs is 1. The molecule has 0 amide bonds. The fraction of sp³-hybridized carbons (Fsp3) is 0.231. The first-order valence-corrected chi connectivity index (χ1v) is 6.17. The van der Waals surface area contributed by atoms with Crippen molar-refractivity contribution in [1.82, 2.24) is 4.90 Å². The molecule has 0 saturated heterocycles. The van der Waals surface area contributed by atoms with Crippen LogP contribution in [0.15, 0.2) is 29.7 Å². The van der Waals surface area contributed by atoms with Crippen LogP contribution in [0.3, 0.4) is 0 Å². The maximum Gasteiger partial charge on any atom is 0.124 e. The van der Waals surface area contributed by atoms with Gasteiger partial charge in [0, 0.05) is 23.2 Å². The lowest BCUT2D eigenvalue weighted by Crippen LogP contribution is -2.13. The Hall–Kier alpha value is -1.19. The number of rotatable bonds is 1. The highest BCUT2D eigenvalue weighted by atomic mass is 32.1. The predicted molar refractivity (Wildman–Crippen MR) is 67.3 cm³/mol. The van der Waals surface area contributed by atoms with Crippen molar-refractivity contribution in [2.75, 3.05) is 20.1 Å². The molecule has 82 valence electrons. The number of nitrogens with zero attached hydrogens (tertiary/aromatic N) is 1. The molecule has 0 bridgehead atoms. The summed E-state index contributed by atoms with van der Waals surface area (Å²) in [4.78, 5) is 2.27. The molecule has 0 saturated carbocycles. The molecule has 0 unspecified atom stereocenters. The van der Waals surface area contributed by atoms with E-state index in [1.807, 2.05) is 6.07 Å². The van der Waals surface area contributed by atoms with Gasteiger partial charge in [0.05, 0.1) is 0 Å². The normalized spacial score (nSPS) is 17.0. The fourth-order valence-corrected chi connectivity index (χ4v) is 3.14. The van der Waals surface area contributed by atoms with Crippen molar-refractivity contribution < 1.29 is 4.39 Å². The van der Waals surface area contributed by atoms with Gasteiger partial charge in [-0.25, -0.2) is 4.39 Å². The Morgan fingerprint density at radius 1 is 1.38 bits per heavy atom. The van der Waals surface area contributed by atoms with Crippen molar-refractivity contribution in [3.63, 3.8) is 0 Å². The van der Waals surface area contributed by atoms with Gasteiger partial charge < -0.3 is 0 Å². The zero-order valence-corrected chi connectivity index (χ0v) is 9.85. The standard InChI is InChI=1S/C13H12FNS/c1-15-5-4-9(7-15)12-8-16-13-6-10(14)2-3-11(12)13/h2-4,6,8H,5,7H2,1H3. The first kappa shape index (κ1) is 10.00. The molecular weight excluding hydrogens is 221 g/mol. The zero-order chi connectivity index (χ0) is 11.1. The quantitative estimate of drug-likeness (QED) is 0.730. The van der Waals surface area contributed by atoms with Gasteiger partial charge in [-0.05, 0) is 35.7 Å².